The third-order valence-electron chi connectivity index (χ3n) is 12.4. The number of anilines is 1. The first-order chi connectivity index (χ1) is 29.7. The van der Waals surface area contributed by atoms with Crippen molar-refractivity contribution in [3.63, 3.8) is 0 Å². The van der Waals surface area contributed by atoms with Gasteiger partial charge < -0.3 is 29.0 Å². The standard InChI is InChI=1S/C47H66N8O6S/c1-9-54-40-16-15-32(39-28-62-41(50-39)24-38(51-45(58)61-46(3,4)5)44(57)55-19-13-11-17-49-55)22-35(40)37(25-47(6,7)29-60-30-56)43(54)36-23-34(26-48-42(36)31(2)59-8)53-21-20-52-18-12-10-14-33(52)27-53/h15-16,22-23,26,28,30-31,33,38,49H,9-14,17-21,24-25,27,29H2,1-8H3,(H,51,58)/t31-,33+,38-/m0/s1. The zero-order valence-corrected chi connectivity index (χ0v) is 38.7. The van der Waals surface area contributed by atoms with E-state index >= 15 is 0 Å². The van der Waals surface area contributed by atoms with Gasteiger partial charge in [-0.1, -0.05) is 26.3 Å². The Kier molecular flexibility index (Phi) is 14.3. The van der Waals surface area contributed by atoms with Gasteiger partial charge in [-0.05, 0) is 97.0 Å². The van der Waals surface area contributed by atoms with Crippen molar-refractivity contribution in [1.29, 1.82) is 0 Å². The van der Waals surface area contributed by atoms with Crippen molar-refractivity contribution in [2.24, 2.45) is 5.41 Å². The van der Waals surface area contributed by atoms with Gasteiger partial charge in [-0.15, -0.1) is 11.3 Å². The summed E-state index contributed by atoms with van der Waals surface area (Å²) in [6, 6.07) is 8.52. The van der Waals surface area contributed by atoms with Gasteiger partial charge in [-0.25, -0.2) is 15.2 Å². The van der Waals surface area contributed by atoms with Crippen LogP contribution in [0.15, 0.2) is 35.8 Å². The Hall–Kier alpha value is -4.57. The smallest absolute Gasteiger partial charge is 0.408 e. The second-order valence-electron chi connectivity index (χ2n) is 18.8. The van der Waals surface area contributed by atoms with Crippen molar-refractivity contribution in [2.75, 3.05) is 57.9 Å². The summed E-state index contributed by atoms with van der Waals surface area (Å²) >= 11 is 1.47. The molecule has 15 heteroatoms. The van der Waals surface area contributed by atoms with E-state index in [1.165, 1.54) is 37.1 Å². The van der Waals surface area contributed by atoms with Crippen molar-refractivity contribution < 1.29 is 28.6 Å². The maximum absolute atomic E-state index is 13.8. The van der Waals surface area contributed by atoms with Crippen molar-refractivity contribution >= 4 is 46.4 Å². The number of ether oxygens (including phenoxy) is 3. The number of amides is 2. The van der Waals surface area contributed by atoms with Crippen molar-refractivity contribution in [3.8, 4) is 22.5 Å². The number of piperazine rings is 1. The zero-order chi connectivity index (χ0) is 44.2. The molecular formula is C47H66N8O6S. The molecule has 62 heavy (non-hydrogen) atoms. The number of hydrogen-bond donors (Lipinski definition) is 2. The highest BCUT2D eigenvalue weighted by Crippen LogP contribution is 2.43. The van der Waals surface area contributed by atoms with Crippen molar-refractivity contribution in [2.45, 2.75) is 124 Å². The number of aromatic nitrogens is 3. The van der Waals surface area contributed by atoms with Crippen LogP contribution in [0.1, 0.15) is 103 Å². The molecule has 0 radical (unpaired) electrons. The summed E-state index contributed by atoms with van der Waals surface area (Å²) < 4.78 is 19.3. The maximum atomic E-state index is 13.8. The van der Waals surface area contributed by atoms with Crippen LogP contribution in [0.3, 0.4) is 0 Å². The molecule has 2 amide bonds. The average molecular weight is 871 g/mol. The molecule has 0 spiro atoms. The number of aryl methyl sites for hydroxylation is 1. The molecule has 7 rings (SSSR count). The summed E-state index contributed by atoms with van der Waals surface area (Å²) in [7, 11) is 1.73. The number of nitrogens with one attached hydrogen (secondary N) is 2. The molecule has 6 heterocycles. The van der Waals surface area contributed by atoms with E-state index in [1.54, 1.807) is 32.9 Å². The van der Waals surface area contributed by atoms with Gasteiger partial charge in [0.15, 0.2) is 0 Å². The van der Waals surface area contributed by atoms with Crippen LogP contribution in [0.25, 0.3) is 33.4 Å². The molecule has 0 unspecified atom stereocenters. The largest absolute Gasteiger partial charge is 0.467 e. The van der Waals surface area contributed by atoms with Gasteiger partial charge in [0.05, 0.1) is 46.7 Å². The van der Waals surface area contributed by atoms with Gasteiger partial charge in [0.25, 0.3) is 12.4 Å². The molecule has 1 aromatic carbocycles. The number of thiazole rings is 1. The molecule has 0 aliphatic carbocycles. The highest BCUT2D eigenvalue weighted by Gasteiger charge is 2.33. The van der Waals surface area contributed by atoms with Crippen molar-refractivity contribution in [3.05, 3.63) is 52.1 Å². The van der Waals surface area contributed by atoms with E-state index in [-0.39, 0.29) is 25.0 Å². The third kappa shape index (κ3) is 10.4. The zero-order valence-electron chi connectivity index (χ0n) is 37.9. The van der Waals surface area contributed by atoms with Crippen LogP contribution in [0.2, 0.25) is 0 Å². The van der Waals surface area contributed by atoms with Crippen LogP contribution in [0.5, 0.6) is 0 Å². The molecule has 3 saturated heterocycles. The molecule has 336 valence electrons. The minimum atomic E-state index is -0.861. The molecule has 0 bridgehead atoms. The lowest BCUT2D eigenvalue weighted by Crippen LogP contribution is -2.56. The predicted molar refractivity (Wildman–Crippen MR) is 244 cm³/mol. The van der Waals surface area contributed by atoms with Crippen LogP contribution in [-0.4, -0.2) is 114 Å². The summed E-state index contributed by atoms with van der Waals surface area (Å²) in [6.45, 7) is 20.8. The Morgan fingerprint density at radius 1 is 1.06 bits per heavy atom. The maximum Gasteiger partial charge on any atom is 0.408 e. The van der Waals surface area contributed by atoms with Crippen LogP contribution in [0.4, 0.5) is 10.5 Å². The lowest BCUT2D eigenvalue weighted by Gasteiger charge is -2.45. The molecule has 3 fully saturated rings. The fourth-order valence-electron chi connectivity index (χ4n) is 9.27. The first-order valence-corrected chi connectivity index (χ1v) is 23.3. The van der Waals surface area contributed by atoms with E-state index in [2.05, 4.69) is 77.1 Å². The molecule has 3 aromatic heterocycles. The molecule has 4 aromatic rings. The first kappa shape index (κ1) is 45.5. The van der Waals surface area contributed by atoms with E-state index in [9.17, 15) is 14.4 Å². The lowest BCUT2D eigenvalue weighted by atomic mass is 9.84. The minimum Gasteiger partial charge on any atom is -0.467 e. The second-order valence-corrected chi connectivity index (χ2v) is 19.8. The number of pyridine rings is 1. The van der Waals surface area contributed by atoms with Crippen LogP contribution < -0.4 is 15.6 Å². The Morgan fingerprint density at radius 2 is 1.87 bits per heavy atom. The number of alkyl carbamates (subject to hydrolysis) is 1. The average Bonchev–Trinajstić information content (AvgIpc) is 3.85. The third-order valence-corrected chi connectivity index (χ3v) is 13.2. The fraction of sp³-hybridized carbons (Fsp3) is 0.596. The number of carbonyl (C=O) groups is 3. The van der Waals surface area contributed by atoms with Gasteiger partial charge in [-0.3, -0.25) is 24.5 Å². The monoisotopic (exact) mass is 870 g/mol. The number of rotatable bonds is 15. The topological polar surface area (TPSA) is 143 Å². The summed E-state index contributed by atoms with van der Waals surface area (Å²) in [5.41, 5.74) is 10.1. The number of benzene rings is 1. The Labute approximate surface area is 370 Å². The number of nitrogens with zero attached hydrogens (tertiary/aromatic N) is 6. The molecule has 0 saturated carbocycles. The SMILES string of the molecule is CCn1c(-c2cc(N3CCN4CCCC[C@@H]4C3)cnc2[C@H](C)OC)c(CC(C)(C)COC=O)c2cc(-c3csc(C[C@H](NC(=O)OC(C)(C)C)C(=O)N4CCCCN4)n3)ccc21. The van der Waals surface area contributed by atoms with E-state index in [1.807, 2.05) is 11.6 Å². The lowest BCUT2D eigenvalue weighted by molar-refractivity contribution is -0.137. The van der Waals surface area contributed by atoms with E-state index in [0.29, 0.717) is 32.0 Å². The quantitative estimate of drug-likeness (QED) is 0.115. The van der Waals surface area contributed by atoms with Gasteiger partial charge >= 0.3 is 6.09 Å². The van der Waals surface area contributed by atoms with E-state index in [0.717, 1.165) is 94.4 Å². The molecular weight excluding hydrogens is 805 g/mol. The fourth-order valence-corrected chi connectivity index (χ4v) is 10.1. The predicted octanol–water partition coefficient (Wildman–Crippen LogP) is 7.53. The van der Waals surface area contributed by atoms with Gasteiger partial charge in [0, 0.05) is 91.7 Å². The van der Waals surface area contributed by atoms with Crippen molar-refractivity contribution in [1.82, 2.24) is 35.2 Å². The highest BCUT2D eigenvalue weighted by atomic mass is 32.1. The number of hydrazine groups is 1. The van der Waals surface area contributed by atoms with Crippen LogP contribution >= 0.6 is 11.3 Å². The Balaban J connectivity index is 1.29. The van der Waals surface area contributed by atoms with Gasteiger partial charge in [0.1, 0.15) is 11.6 Å². The first-order valence-electron chi connectivity index (χ1n) is 22.4. The summed E-state index contributed by atoms with van der Waals surface area (Å²) in [6.07, 6.45) is 7.62. The van der Waals surface area contributed by atoms with E-state index < -0.39 is 23.2 Å². The normalized spacial score (nSPS) is 18.6. The van der Waals surface area contributed by atoms with Crippen LogP contribution in [0, 0.1) is 5.41 Å². The number of piperidine rings is 1. The molecule has 3 aliphatic rings. The molecule has 14 nitrogen and oxygen atoms in total. The number of fused-ring (bicyclic) bond motifs is 2. The van der Waals surface area contributed by atoms with Crippen LogP contribution in [-0.2, 0) is 43.2 Å². The summed E-state index contributed by atoms with van der Waals surface area (Å²) in [5.74, 6) is -0.218. The number of carbonyl (C=O) groups excluding carboxylic acids is 3. The summed E-state index contributed by atoms with van der Waals surface area (Å²) in [4.78, 5) is 53.6. The Morgan fingerprint density at radius 3 is 2.60 bits per heavy atom. The summed E-state index contributed by atoms with van der Waals surface area (Å²) in [5, 5.41) is 8.27. The molecule has 2 N–H and O–H groups in total. The molecule has 3 aliphatic heterocycles. The number of hydrogen-bond acceptors (Lipinski definition) is 12. The van der Waals surface area contributed by atoms with Gasteiger partial charge in [-0.2, -0.15) is 0 Å². The highest BCUT2D eigenvalue weighted by molar-refractivity contribution is 7.10. The molecule has 3 atom stereocenters. The van der Waals surface area contributed by atoms with Gasteiger partial charge in [0.2, 0.25) is 0 Å². The minimum absolute atomic E-state index is 0.218. The Bertz CT molecular complexity index is 2210. The van der Waals surface area contributed by atoms with E-state index in [4.69, 9.17) is 24.2 Å². The number of methoxy groups -OCH3 is 1. The second kappa shape index (κ2) is 19.4.